The second-order valence-electron chi connectivity index (χ2n) is 7.24. The molecule has 8 heteroatoms. The summed E-state index contributed by atoms with van der Waals surface area (Å²) in [5.74, 6) is 0.625. The number of amides is 1. The molecule has 5 N–H and O–H groups in total. The Kier molecular flexibility index (Phi) is 5.24. The number of carbonyl (C=O) groups excluding carboxylic acids is 1. The molecule has 0 radical (unpaired) electrons. The summed E-state index contributed by atoms with van der Waals surface area (Å²) >= 11 is 1.63. The Hall–Kier alpha value is -1.84. The molecule has 1 aliphatic rings. The zero-order chi connectivity index (χ0) is 19.9. The van der Waals surface area contributed by atoms with Crippen LogP contribution in [0.15, 0.2) is 30.5 Å². The van der Waals surface area contributed by atoms with E-state index in [0.29, 0.717) is 23.7 Å². The third-order valence-electron chi connectivity index (χ3n) is 5.35. The van der Waals surface area contributed by atoms with E-state index < -0.39 is 16.5 Å². The maximum absolute atomic E-state index is 12.1. The highest BCUT2D eigenvalue weighted by atomic mass is 32.3. The molecular formula is C20H24N2O4S2. The van der Waals surface area contributed by atoms with Gasteiger partial charge >= 0.3 is 0 Å². The predicted octanol–water partition coefficient (Wildman–Crippen LogP) is 4.77. The van der Waals surface area contributed by atoms with E-state index in [9.17, 15) is 13.9 Å². The van der Waals surface area contributed by atoms with Crippen LogP contribution in [-0.2, 0) is 11.3 Å². The summed E-state index contributed by atoms with van der Waals surface area (Å²) in [5.41, 5.74) is 8.95. The van der Waals surface area contributed by atoms with Crippen LogP contribution in [0.3, 0.4) is 0 Å². The van der Waals surface area contributed by atoms with Gasteiger partial charge in [-0.15, -0.1) is 11.3 Å². The standard InChI is InChI=1S/C20H24N2O4S2/c1-26-11-14-2-3-18(27-14)13-8-15-17(12-4-6-28(24,25)7-5-12)10-22-19(15)16(9-13)20(21)23/h2-3,8-10,12,22,24-25H,4-7,11H2,1H3,(H2,21,23). The molecule has 2 aromatic heterocycles. The number of methoxy groups -OCH3 is 1. The summed E-state index contributed by atoms with van der Waals surface area (Å²) in [6, 6.07) is 8.00. The predicted molar refractivity (Wildman–Crippen MR) is 115 cm³/mol. The quantitative estimate of drug-likeness (QED) is 0.477. The number of carbonyl (C=O) groups is 1. The Morgan fingerprint density at radius 1 is 1.32 bits per heavy atom. The first-order valence-corrected chi connectivity index (χ1v) is 11.8. The molecule has 0 atom stereocenters. The van der Waals surface area contributed by atoms with Gasteiger partial charge in [0.2, 0.25) is 0 Å². The van der Waals surface area contributed by atoms with Gasteiger partial charge in [-0.1, -0.05) is 0 Å². The SMILES string of the molecule is COCc1ccc(-c2cc(C(N)=O)c3[nH]cc(C4CCS(O)(O)CC4)c3c2)s1. The van der Waals surface area contributed by atoms with Gasteiger partial charge in [-0.2, -0.15) is 10.6 Å². The molecule has 0 spiro atoms. The molecule has 3 aromatic rings. The van der Waals surface area contributed by atoms with E-state index in [1.54, 1.807) is 18.4 Å². The molecule has 1 amide bonds. The first-order valence-electron chi connectivity index (χ1n) is 9.14. The number of H-pyrrole nitrogens is 1. The van der Waals surface area contributed by atoms with Crippen molar-refractivity contribution in [1.82, 2.24) is 4.98 Å². The normalized spacial score (nSPS) is 18.4. The van der Waals surface area contributed by atoms with Crippen LogP contribution < -0.4 is 5.73 Å². The summed E-state index contributed by atoms with van der Waals surface area (Å²) < 4.78 is 25.0. The van der Waals surface area contributed by atoms with Crippen LogP contribution in [-0.4, -0.2) is 38.6 Å². The maximum Gasteiger partial charge on any atom is 0.250 e. The second-order valence-corrected chi connectivity index (χ2v) is 10.8. The van der Waals surface area contributed by atoms with Crippen LogP contribution >= 0.6 is 21.9 Å². The van der Waals surface area contributed by atoms with E-state index in [2.05, 4.69) is 11.1 Å². The Bertz CT molecular complexity index is 1010. The molecule has 1 aliphatic heterocycles. The number of rotatable bonds is 5. The molecule has 4 rings (SSSR count). The zero-order valence-corrected chi connectivity index (χ0v) is 17.2. The van der Waals surface area contributed by atoms with E-state index >= 15 is 0 Å². The molecule has 0 saturated carbocycles. The molecule has 150 valence electrons. The number of nitrogens with one attached hydrogen (secondary N) is 1. The highest BCUT2D eigenvalue weighted by molar-refractivity contribution is 8.24. The van der Waals surface area contributed by atoms with E-state index in [-0.39, 0.29) is 5.92 Å². The minimum Gasteiger partial charge on any atom is -0.379 e. The molecule has 3 heterocycles. The van der Waals surface area contributed by atoms with Crippen LogP contribution in [0.4, 0.5) is 0 Å². The lowest BCUT2D eigenvalue weighted by Crippen LogP contribution is -2.19. The first kappa shape index (κ1) is 19.5. The summed E-state index contributed by atoms with van der Waals surface area (Å²) in [4.78, 5) is 17.5. The summed E-state index contributed by atoms with van der Waals surface area (Å²) in [6.07, 6.45) is 3.39. The highest BCUT2D eigenvalue weighted by Gasteiger charge is 2.27. The minimum atomic E-state index is -2.43. The van der Waals surface area contributed by atoms with E-state index in [1.165, 1.54) is 0 Å². The number of primary amides is 1. The molecule has 1 fully saturated rings. The summed E-state index contributed by atoms with van der Waals surface area (Å²) in [6.45, 7) is 0.555. The first-order chi connectivity index (χ1) is 13.4. The summed E-state index contributed by atoms with van der Waals surface area (Å²) in [7, 11) is -0.761. The second kappa shape index (κ2) is 7.53. The van der Waals surface area contributed by atoms with Crippen LogP contribution in [0.2, 0.25) is 0 Å². The smallest absolute Gasteiger partial charge is 0.250 e. The summed E-state index contributed by atoms with van der Waals surface area (Å²) in [5, 5.41) is 0.983. The van der Waals surface area contributed by atoms with Gasteiger partial charge in [0.1, 0.15) is 0 Å². The van der Waals surface area contributed by atoms with E-state index in [4.69, 9.17) is 10.5 Å². The molecule has 1 saturated heterocycles. The van der Waals surface area contributed by atoms with Gasteiger partial charge in [0.25, 0.3) is 5.91 Å². The maximum atomic E-state index is 12.1. The Morgan fingerprint density at radius 2 is 2.07 bits per heavy atom. The van der Waals surface area contributed by atoms with Crippen molar-refractivity contribution in [1.29, 1.82) is 0 Å². The van der Waals surface area contributed by atoms with Crippen molar-refractivity contribution in [3.05, 3.63) is 46.5 Å². The fraction of sp³-hybridized carbons (Fsp3) is 0.350. The fourth-order valence-corrected chi connectivity index (χ4v) is 6.39. The van der Waals surface area contributed by atoms with Crippen molar-refractivity contribution in [2.75, 3.05) is 18.6 Å². The monoisotopic (exact) mass is 420 g/mol. The van der Waals surface area contributed by atoms with Gasteiger partial charge in [-0.25, -0.2) is 0 Å². The highest BCUT2D eigenvalue weighted by Crippen LogP contribution is 2.49. The Balaban J connectivity index is 1.78. The van der Waals surface area contributed by atoms with Crippen molar-refractivity contribution in [3.8, 4) is 10.4 Å². The van der Waals surface area contributed by atoms with Gasteiger partial charge in [-0.3, -0.25) is 13.9 Å². The van der Waals surface area contributed by atoms with Crippen molar-refractivity contribution >= 4 is 38.7 Å². The van der Waals surface area contributed by atoms with Crippen LogP contribution in [0, 0.1) is 0 Å². The zero-order valence-electron chi connectivity index (χ0n) is 15.6. The Labute approximate surface area is 169 Å². The topological polar surface area (TPSA) is 109 Å². The number of benzene rings is 1. The van der Waals surface area contributed by atoms with Gasteiger partial charge in [0.05, 0.1) is 17.7 Å². The number of aromatic nitrogens is 1. The molecule has 0 bridgehead atoms. The number of nitrogens with two attached hydrogens (primary N) is 1. The minimum absolute atomic E-state index is 0.233. The van der Waals surface area contributed by atoms with Crippen molar-refractivity contribution in [2.24, 2.45) is 5.73 Å². The van der Waals surface area contributed by atoms with Gasteiger partial charge < -0.3 is 15.5 Å². The molecule has 0 unspecified atom stereocenters. The van der Waals surface area contributed by atoms with Gasteiger partial charge in [0.15, 0.2) is 0 Å². The lowest BCUT2D eigenvalue weighted by Gasteiger charge is -2.39. The van der Waals surface area contributed by atoms with Gasteiger partial charge in [-0.05, 0) is 54.2 Å². The van der Waals surface area contributed by atoms with E-state index in [0.717, 1.165) is 44.6 Å². The Morgan fingerprint density at radius 3 is 2.75 bits per heavy atom. The molecule has 1 aromatic carbocycles. The third kappa shape index (κ3) is 3.70. The molecular weight excluding hydrogens is 396 g/mol. The van der Waals surface area contributed by atoms with Crippen LogP contribution in [0.1, 0.15) is 39.6 Å². The number of fused-ring (bicyclic) bond motifs is 1. The number of thiophene rings is 1. The van der Waals surface area contributed by atoms with Crippen molar-refractivity contribution in [2.45, 2.75) is 25.4 Å². The molecule has 28 heavy (non-hydrogen) atoms. The van der Waals surface area contributed by atoms with Crippen LogP contribution in [0.25, 0.3) is 21.3 Å². The van der Waals surface area contributed by atoms with Crippen molar-refractivity contribution < 1.29 is 18.6 Å². The molecule has 6 nitrogen and oxygen atoms in total. The fourth-order valence-electron chi connectivity index (χ4n) is 3.90. The molecule has 0 aliphatic carbocycles. The lowest BCUT2D eigenvalue weighted by atomic mass is 9.91. The van der Waals surface area contributed by atoms with Crippen molar-refractivity contribution in [3.63, 3.8) is 0 Å². The average molecular weight is 421 g/mol. The van der Waals surface area contributed by atoms with E-state index in [1.807, 2.05) is 24.4 Å². The number of ether oxygens (including phenoxy) is 1. The van der Waals surface area contributed by atoms with Gasteiger partial charge in [0, 0.05) is 40.0 Å². The average Bonchev–Trinajstić information content (AvgIpc) is 3.28. The lowest BCUT2D eigenvalue weighted by molar-refractivity contribution is 0.100. The number of hydrogen-bond acceptors (Lipinski definition) is 5. The number of hydrogen-bond donors (Lipinski definition) is 4. The van der Waals surface area contributed by atoms with Crippen LogP contribution in [0.5, 0.6) is 0 Å². The largest absolute Gasteiger partial charge is 0.379 e. The third-order valence-corrected chi connectivity index (χ3v) is 8.23. The number of aromatic amines is 1.